The Balaban J connectivity index is 2.31. The van der Waals surface area contributed by atoms with Crippen LogP contribution in [0.4, 0.5) is 0 Å². The number of esters is 1. The molecule has 0 amide bonds. The van der Waals surface area contributed by atoms with Crippen molar-refractivity contribution in [2.45, 2.75) is 25.4 Å². The largest absolute Gasteiger partial charge is 0.453 e. The van der Waals surface area contributed by atoms with Gasteiger partial charge in [-0.1, -0.05) is 0 Å². The summed E-state index contributed by atoms with van der Waals surface area (Å²) in [5, 5.41) is 0. The highest BCUT2D eigenvalue weighted by Crippen LogP contribution is 2.34. The van der Waals surface area contributed by atoms with Gasteiger partial charge in [0.05, 0.1) is 6.20 Å². The van der Waals surface area contributed by atoms with Crippen LogP contribution in [0.25, 0.3) is 0 Å². The van der Waals surface area contributed by atoms with Crippen molar-refractivity contribution >= 4 is 5.97 Å². The third kappa shape index (κ3) is 1.39. The van der Waals surface area contributed by atoms with Crippen molar-refractivity contribution in [3.8, 4) is 0 Å². The molecule has 0 radical (unpaired) electrons. The molecule has 0 spiro atoms. The minimum Gasteiger partial charge on any atom is -0.453 e. The lowest BCUT2D eigenvalue weighted by molar-refractivity contribution is -0.148. The molecule has 1 aromatic rings. The molecule has 0 N–H and O–H groups in total. The van der Waals surface area contributed by atoms with Crippen molar-refractivity contribution in [3.63, 3.8) is 0 Å². The summed E-state index contributed by atoms with van der Waals surface area (Å²) in [6.45, 7) is 1.86. The SMILES string of the molecule is CC1(c2cnccn2)CCC(=O)O1. The monoisotopic (exact) mass is 178 g/mol. The Bertz CT molecular complexity index is 326. The first kappa shape index (κ1) is 8.16. The Kier molecular flexibility index (Phi) is 1.76. The summed E-state index contributed by atoms with van der Waals surface area (Å²) in [7, 11) is 0. The summed E-state index contributed by atoms with van der Waals surface area (Å²) in [5.74, 6) is -0.159. The van der Waals surface area contributed by atoms with E-state index in [0.717, 1.165) is 5.69 Å². The van der Waals surface area contributed by atoms with Crippen molar-refractivity contribution in [2.24, 2.45) is 0 Å². The van der Waals surface area contributed by atoms with E-state index in [9.17, 15) is 4.79 Å². The lowest BCUT2D eigenvalue weighted by atomic mass is 9.99. The average Bonchev–Trinajstić information content (AvgIpc) is 2.49. The predicted molar refractivity (Wildman–Crippen MR) is 44.7 cm³/mol. The standard InChI is InChI=1S/C9H10N2O2/c1-9(3-2-8(12)13-9)7-6-10-4-5-11-7/h4-6H,2-3H2,1H3. The van der Waals surface area contributed by atoms with Crippen LogP contribution >= 0.6 is 0 Å². The lowest BCUT2D eigenvalue weighted by Crippen LogP contribution is -2.22. The Hall–Kier alpha value is -1.45. The van der Waals surface area contributed by atoms with Gasteiger partial charge in [-0.3, -0.25) is 14.8 Å². The average molecular weight is 178 g/mol. The highest BCUT2D eigenvalue weighted by Gasteiger charge is 2.38. The van der Waals surface area contributed by atoms with Gasteiger partial charge in [-0.15, -0.1) is 0 Å². The minimum atomic E-state index is -0.564. The van der Waals surface area contributed by atoms with Gasteiger partial charge >= 0.3 is 5.97 Å². The number of carbonyl (C=O) groups excluding carboxylic acids is 1. The van der Waals surface area contributed by atoms with E-state index >= 15 is 0 Å². The van der Waals surface area contributed by atoms with Crippen molar-refractivity contribution in [3.05, 3.63) is 24.3 Å². The number of carbonyl (C=O) groups is 1. The number of ether oxygens (including phenoxy) is 1. The van der Waals surface area contributed by atoms with E-state index in [4.69, 9.17) is 4.74 Å². The van der Waals surface area contributed by atoms with E-state index in [0.29, 0.717) is 12.8 Å². The fraction of sp³-hybridized carbons (Fsp3) is 0.444. The molecule has 1 aliphatic heterocycles. The van der Waals surface area contributed by atoms with Crippen molar-refractivity contribution in [1.82, 2.24) is 9.97 Å². The van der Waals surface area contributed by atoms with Gasteiger partial charge in [-0.2, -0.15) is 0 Å². The molecule has 1 aromatic heterocycles. The summed E-state index contributed by atoms with van der Waals surface area (Å²) in [5.41, 5.74) is 0.159. The van der Waals surface area contributed by atoms with E-state index in [2.05, 4.69) is 9.97 Å². The molecule has 0 saturated carbocycles. The molecule has 4 nitrogen and oxygen atoms in total. The van der Waals surface area contributed by atoms with Gasteiger partial charge < -0.3 is 4.74 Å². The van der Waals surface area contributed by atoms with Gasteiger partial charge in [0, 0.05) is 25.2 Å². The number of aromatic nitrogens is 2. The van der Waals surface area contributed by atoms with Crippen LogP contribution in [0.5, 0.6) is 0 Å². The maximum Gasteiger partial charge on any atom is 0.306 e. The number of cyclic esters (lactones) is 1. The molecule has 0 aromatic carbocycles. The molecular weight excluding hydrogens is 168 g/mol. The fourth-order valence-electron chi connectivity index (χ4n) is 1.45. The van der Waals surface area contributed by atoms with Crippen molar-refractivity contribution < 1.29 is 9.53 Å². The van der Waals surface area contributed by atoms with E-state index in [1.54, 1.807) is 18.6 Å². The molecule has 1 aliphatic rings. The van der Waals surface area contributed by atoms with E-state index < -0.39 is 5.60 Å². The molecule has 4 heteroatoms. The Morgan fingerprint density at radius 2 is 2.38 bits per heavy atom. The van der Waals surface area contributed by atoms with Crippen LogP contribution in [0.1, 0.15) is 25.5 Å². The van der Waals surface area contributed by atoms with Gasteiger partial charge in [0.25, 0.3) is 0 Å². The number of hydrogen-bond acceptors (Lipinski definition) is 4. The van der Waals surface area contributed by atoms with E-state index in [-0.39, 0.29) is 5.97 Å². The van der Waals surface area contributed by atoms with Gasteiger partial charge in [0.1, 0.15) is 5.69 Å². The van der Waals surface area contributed by atoms with Crippen LogP contribution in [0.2, 0.25) is 0 Å². The zero-order valence-electron chi connectivity index (χ0n) is 7.36. The summed E-state index contributed by atoms with van der Waals surface area (Å²) in [6, 6.07) is 0. The second-order valence-electron chi connectivity index (χ2n) is 3.30. The van der Waals surface area contributed by atoms with Crippen molar-refractivity contribution in [1.29, 1.82) is 0 Å². The zero-order chi connectivity index (χ0) is 9.31. The molecule has 0 bridgehead atoms. The van der Waals surface area contributed by atoms with Gasteiger partial charge in [0.15, 0.2) is 5.60 Å². The van der Waals surface area contributed by atoms with Gasteiger partial charge in [-0.25, -0.2) is 0 Å². The van der Waals surface area contributed by atoms with E-state index in [1.807, 2.05) is 6.92 Å². The minimum absolute atomic E-state index is 0.159. The molecule has 2 heterocycles. The third-order valence-electron chi connectivity index (χ3n) is 2.25. The molecule has 13 heavy (non-hydrogen) atoms. The normalized spacial score (nSPS) is 27.3. The first-order chi connectivity index (χ1) is 6.21. The highest BCUT2D eigenvalue weighted by atomic mass is 16.6. The predicted octanol–water partition coefficient (Wildman–Crippen LogP) is 1.03. The number of nitrogens with zero attached hydrogens (tertiary/aromatic N) is 2. The van der Waals surface area contributed by atoms with Crippen LogP contribution in [0.15, 0.2) is 18.6 Å². The smallest absolute Gasteiger partial charge is 0.306 e. The lowest BCUT2D eigenvalue weighted by Gasteiger charge is -2.20. The van der Waals surface area contributed by atoms with Crippen LogP contribution in [-0.2, 0) is 15.1 Å². The summed E-state index contributed by atoms with van der Waals surface area (Å²) < 4.78 is 5.19. The second-order valence-corrected chi connectivity index (χ2v) is 3.30. The molecule has 1 atom stereocenters. The summed E-state index contributed by atoms with van der Waals surface area (Å²) in [6.07, 6.45) is 5.99. The molecule has 0 aliphatic carbocycles. The third-order valence-corrected chi connectivity index (χ3v) is 2.25. The quantitative estimate of drug-likeness (QED) is 0.602. The Labute approximate surface area is 76.0 Å². The molecule has 1 saturated heterocycles. The Morgan fingerprint density at radius 3 is 2.92 bits per heavy atom. The maximum atomic E-state index is 11.0. The van der Waals surface area contributed by atoms with Crippen LogP contribution in [0, 0.1) is 0 Å². The first-order valence-corrected chi connectivity index (χ1v) is 4.19. The van der Waals surface area contributed by atoms with Crippen LogP contribution in [-0.4, -0.2) is 15.9 Å². The number of rotatable bonds is 1. The molecule has 1 fully saturated rings. The highest BCUT2D eigenvalue weighted by molar-refractivity contribution is 5.72. The fourth-order valence-corrected chi connectivity index (χ4v) is 1.45. The maximum absolute atomic E-state index is 11.0. The topological polar surface area (TPSA) is 52.1 Å². The molecule has 2 rings (SSSR count). The summed E-state index contributed by atoms with van der Waals surface area (Å²) >= 11 is 0. The van der Waals surface area contributed by atoms with E-state index in [1.165, 1.54) is 0 Å². The van der Waals surface area contributed by atoms with Crippen LogP contribution in [0.3, 0.4) is 0 Å². The second kappa shape index (κ2) is 2.80. The first-order valence-electron chi connectivity index (χ1n) is 4.19. The van der Waals surface area contributed by atoms with Crippen molar-refractivity contribution in [2.75, 3.05) is 0 Å². The summed E-state index contributed by atoms with van der Waals surface area (Å²) in [4.78, 5) is 19.0. The van der Waals surface area contributed by atoms with Gasteiger partial charge in [-0.05, 0) is 6.92 Å². The zero-order valence-corrected chi connectivity index (χ0v) is 7.36. The van der Waals surface area contributed by atoms with Crippen LogP contribution < -0.4 is 0 Å². The van der Waals surface area contributed by atoms with Gasteiger partial charge in [0.2, 0.25) is 0 Å². The number of hydrogen-bond donors (Lipinski definition) is 0. The molecular formula is C9H10N2O2. The molecule has 1 unspecified atom stereocenters. The Morgan fingerprint density at radius 1 is 1.54 bits per heavy atom. The molecule has 68 valence electrons.